The molecule has 0 unspecified atom stereocenters. The molecule has 0 spiro atoms. The molecule has 112 valence electrons. The van der Waals surface area contributed by atoms with Gasteiger partial charge in [-0.05, 0) is 32.3 Å². The number of nitrogen functional groups attached to an aromatic ring is 1. The third-order valence-corrected chi connectivity index (χ3v) is 4.07. The topological polar surface area (TPSA) is 38.5 Å². The molecule has 3 heteroatoms. The van der Waals surface area contributed by atoms with Crippen LogP contribution in [-0.2, 0) is 0 Å². The lowest BCUT2D eigenvalue weighted by Gasteiger charge is -2.35. The summed E-state index contributed by atoms with van der Waals surface area (Å²) < 4.78 is 5.75. The fourth-order valence-electron chi connectivity index (χ4n) is 3.12. The van der Waals surface area contributed by atoms with Crippen LogP contribution in [0.3, 0.4) is 0 Å². The third kappa shape index (κ3) is 3.81. The average molecular weight is 276 g/mol. The van der Waals surface area contributed by atoms with Crippen LogP contribution in [0.4, 0.5) is 11.4 Å². The predicted molar refractivity (Wildman–Crippen MR) is 86.5 cm³/mol. The van der Waals surface area contributed by atoms with Gasteiger partial charge in [-0.15, -0.1) is 0 Å². The normalized spacial score (nSPS) is 16.1. The maximum atomic E-state index is 6.05. The molecule has 0 atom stereocenters. The first kappa shape index (κ1) is 15.0. The zero-order chi connectivity index (χ0) is 14.4. The quantitative estimate of drug-likeness (QED) is 0.791. The minimum absolute atomic E-state index is 0.662. The van der Waals surface area contributed by atoms with Gasteiger partial charge in [0.15, 0.2) is 0 Å². The van der Waals surface area contributed by atoms with Crippen molar-refractivity contribution in [2.45, 2.75) is 58.4 Å². The predicted octanol–water partition coefficient (Wildman–Crippen LogP) is 4.22. The Bertz CT molecular complexity index is 413. The minimum Gasteiger partial charge on any atom is -0.493 e. The molecule has 1 aromatic carbocycles. The van der Waals surface area contributed by atoms with Crippen LogP contribution in [0.2, 0.25) is 0 Å². The van der Waals surface area contributed by atoms with Gasteiger partial charge in [0.05, 0.1) is 6.61 Å². The number of benzene rings is 1. The number of hydrogen-bond acceptors (Lipinski definition) is 3. The van der Waals surface area contributed by atoms with Gasteiger partial charge in [-0.2, -0.15) is 0 Å². The van der Waals surface area contributed by atoms with Crippen molar-refractivity contribution in [2.24, 2.45) is 0 Å². The highest BCUT2D eigenvalue weighted by atomic mass is 16.5. The molecule has 0 aliphatic heterocycles. The fourth-order valence-corrected chi connectivity index (χ4v) is 3.12. The van der Waals surface area contributed by atoms with Crippen LogP contribution in [0.15, 0.2) is 18.2 Å². The van der Waals surface area contributed by atoms with Crippen molar-refractivity contribution in [3.63, 3.8) is 0 Å². The van der Waals surface area contributed by atoms with Gasteiger partial charge in [0.25, 0.3) is 0 Å². The Labute approximate surface area is 123 Å². The summed E-state index contributed by atoms with van der Waals surface area (Å²) in [5, 5.41) is 0. The van der Waals surface area contributed by atoms with Crippen LogP contribution < -0.4 is 15.4 Å². The van der Waals surface area contributed by atoms with E-state index in [2.05, 4.69) is 30.9 Å². The summed E-state index contributed by atoms with van der Waals surface area (Å²) in [4.78, 5) is 2.49. The van der Waals surface area contributed by atoms with E-state index >= 15 is 0 Å². The Morgan fingerprint density at radius 3 is 2.55 bits per heavy atom. The smallest absolute Gasteiger partial charge is 0.123 e. The maximum Gasteiger partial charge on any atom is 0.123 e. The van der Waals surface area contributed by atoms with Gasteiger partial charge < -0.3 is 15.4 Å². The second-order valence-corrected chi connectivity index (χ2v) is 5.69. The molecule has 2 rings (SSSR count). The summed E-state index contributed by atoms with van der Waals surface area (Å²) >= 11 is 0. The van der Waals surface area contributed by atoms with Gasteiger partial charge in [0.2, 0.25) is 0 Å². The zero-order valence-electron chi connectivity index (χ0n) is 12.9. The lowest BCUT2D eigenvalue weighted by Crippen LogP contribution is -2.36. The van der Waals surface area contributed by atoms with Crippen LogP contribution in [-0.4, -0.2) is 19.2 Å². The summed E-state index contributed by atoms with van der Waals surface area (Å²) in [7, 11) is 0. The number of ether oxygens (including phenoxy) is 1. The van der Waals surface area contributed by atoms with Crippen LogP contribution in [0.5, 0.6) is 5.75 Å². The highest BCUT2D eigenvalue weighted by molar-refractivity contribution is 5.61. The Hall–Kier alpha value is -1.38. The van der Waals surface area contributed by atoms with Gasteiger partial charge in [-0.3, -0.25) is 0 Å². The molecular weight excluding hydrogens is 248 g/mol. The van der Waals surface area contributed by atoms with Crippen molar-refractivity contribution < 1.29 is 4.74 Å². The van der Waals surface area contributed by atoms with Crippen molar-refractivity contribution in [1.29, 1.82) is 0 Å². The summed E-state index contributed by atoms with van der Waals surface area (Å²) in [6.45, 7) is 6.12. The molecule has 0 aromatic heterocycles. The lowest BCUT2D eigenvalue weighted by atomic mass is 9.93. The Morgan fingerprint density at radius 1 is 1.15 bits per heavy atom. The molecule has 2 N–H and O–H groups in total. The van der Waals surface area contributed by atoms with Crippen LogP contribution >= 0.6 is 0 Å². The first-order valence-corrected chi connectivity index (χ1v) is 8.04. The summed E-state index contributed by atoms with van der Waals surface area (Å²) in [5.74, 6) is 0.899. The van der Waals surface area contributed by atoms with E-state index < -0.39 is 0 Å². The summed E-state index contributed by atoms with van der Waals surface area (Å²) in [5.41, 5.74) is 8.05. The SMILES string of the molecule is CCCOc1cc(N)cc(N(CC)C2CCCCC2)c1. The van der Waals surface area contributed by atoms with E-state index in [9.17, 15) is 0 Å². The largest absolute Gasteiger partial charge is 0.493 e. The lowest BCUT2D eigenvalue weighted by molar-refractivity contribution is 0.317. The average Bonchev–Trinajstić information content (AvgIpc) is 2.46. The van der Waals surface area contributed by atoms with E-state index in [1.165, 1.54) is 37.8 Å². The molecule has 1 aliphatic carbocycles. The molecule has 0 heterocycles. The molecule has 1 saturated carbocycles. The number of nitrogens with zero attached hydrogens (tertiary/aromatic N) is 1. The van der Waals surface area contributed by atoms with Crippen LogP contribution in [0.1, 0.15) is 52.4 Å². The molecule has 1 aromatic rings. The van der Waals surface area contributed by atoms with Gasteiger partial charge >= 0.3 is 0 Å². The highest BCUT2D eigenvalue weighted by Crippen LogP contribution is 2.31. The van der Waals surface area contributed by atoms with Gasteiger partial charge in [-0.1, -0.05) is 26.2 Å². The molecule has 0 radical (unpaired) electrons. The van der Waals surface area contributed by atoms with Crippen molar-refractivity contribution in [2.75, 3.05) is 23.8 Å². The van der Waals surface area contributed by atoms with E-state index in [4.69, 9.17) is 10.5 Å². The van der Waals surface area contributed by atoms with Gasteiger partial charge in [0, 0.05) is 36.1 Å². The minimum atomic E-state index is 0.662. The molecule has 0 saturated heterocycles. The van der Waals surface area contributed by atoms with Crippen molar-refractivity contribution in [3.05, 3.63) is 18.2 Å². The molecule has 3 nitrogen and oxygen atoms in total. The van der Waals surface area contributed by atoms with Gasteiger partial charge in [-0.25, -0.2) is 0 Å². The van der Waals surface area contributed by atoms with E-state index in [0.717, 1.165) is 31.0 Å². The third-order valence-electron chi connectivity index (χ3n) is 4.07. The Kier molecular flexibility index (Phi) is 5.57. The molecular formula is C17H28N2O. The van der Waals surface area contributed by atoms with Crippen LogP contribution in [0, 0.1) is 0 Å². The van der Waals surface area contributed by atoms with Crippen molar-refractivity contribution in [3.8, 4) is 5.75 Å². The number of hydrogen-bond donors (Lipinski definition) is 1. The first-order valence-electron chi connectivity index (χ1n) is 8.04. The summed E-state index contributed by atoms with van der Waals surface area (Å²) in [6, 6.07) is 6.81. The number of rotatable bonds is 6. The van der Waals surface area contributed by atoms with Gasteiger partial charge in [0.1, 0.15) is 5.75 Å². The van der Waals surface area contributed by atoms with E-state index in [1.54, 1.807) is 0 Å². The highest BCUT2D eigenvalue weighted by Gasteiger charge is 2.20. The maximum absolute atomic E-state index is 6.05. The molecule has 1 aliphatic rings. The molecule has 0 bridgehead atoms. The van der Waals surface area contributed by atoms with Crippen molar-refractivity contribution in [1.82, 2.24) is 0 Å². The Morgan fingerprint density at radius 2 is 1.90 bits per heavy atom. The second-order valence-electron chi connectivity index (χ2n) is 5.69. The fraction of sp³-hybridized carbons (Fsp3) is 0.647. The Balaban J connectivity index is 2.17. The van der Waals surface area contributed by atoms with E-state index in [-0.39, 0.29) is 0 Å². The molecule has 0 amide bonds. The molecule has 20 heavy (non-hydrogen) atoms. The van der Waals surface area contributed by atoms with E-state index in [1.807, 2.05) is 6.07 Å². The molecule has 1 fully saturated rings. The zero-order valence-corrected chi connectivity index (χ0v) is 12.9. The van der Waals surface area contributed by atoms with Crippen LogP contribution in [0.25, 0.3) is 0 Å². The number of anilines is 2. The number of nitrogens with two attached hydrogens (primary N) is 1. The van der Waals surface area contributed by atoms with Crippen molar-refractivity contribution >= 4 is 11.4 Å². The van der Waals surface area contributed by atoms with E-state index in [0.29, 0.717) is 6.04 Å². The monoisotopic (exact) mass is 276 g/mol. The standard InChI is InChI=1S/C17H28N2O/c1-3-10-20-17-12-14(18)11-16(13-17)19(4-2)15-8-6-5-7-9-15/h11-13,15H,3-10,18H2,1-2H3. The summed E-state index contributed by atoms with van der Waals surface area (Å²) in [6.07, 6.45) is 7.70. The second kappa shape index (κ2) is 7.41. The first-order chi connectivity index (χ1) is 9.74.